The second-order valence-corrected chi connectivity index (χ2v) is 7.56. The molecule has 2 heterocycles. The first-order chi connectivity index (χ1) is 16.0. The Balaban J connectivity index is 1.43. The van der Waals surface area contributed by atoms with Gasteiger partial charge in [-0.25, -0.2) is 4.79 Å². The third-order valence-corrected chi connectivity index (χ3v) is 5.58. The molecule has 0 bridgehead atoms. The molecule has 1 aromatic heterocycles. The molecule has 0 amide bonds. The lowest BCUT2D eigenvalue weighted by atomic mass is 9.99. The van der Waals surface area contributed by atoms with Crippen molar-refractivity contribution in [1.82, 2.24) is 0 Å². The van der Waals surface area contributed by atoms with Gasteiger partial charge in [0.05, 0.1) is 12.7 Å². The van der Waals surface area contributed by atoms with Crippen LogP contribution in [0.15, 0.2) is 69.9 Å². The highest BCUT2D eigenvalue weighted by molar-refractivity contribution is 5.97. The maximum atomic E-state index is 12.7. The summed E-state index contributed by atoms with van der Waals surface area (Å²) < 4.78 is 27.2. The summed E-state index contributed by atoms with van der Waals surface area (Å²) in [6, 6.07) is 17.3. The van der Waals surface area contributed by atoms with Crippen molar-refractivity contribution >= 4 is 16.8 Å². The molecule has 3 aromatic carbocycles. The van der Waals surface area contributed by atoms with Crippen LogP contribution >= 0.6 is 0 Å². The topological polar surface area (TPSA) is 84.2 Å². The Morgan fingerprint density at radius 3 is 2.48 bits per heavy atom. The summed E-state index contributed by atoms with van der Waals surface area (Å²) in [5.74, 6) is 2.24. The van der Waals surface area contributed by atoms with Gasteiger partial charge in [0.2, 0.25) is 6.79 Å². The van der Waals surface area contributed by atoms with Crippen LogP contribution in [-0.4, -0.2) is 26.3 Å². The molecular formula is C26H20O7. The van der Waals surface area contributed by atoms with Gasteiger partial charge in [-0.05, 0) is 72.6 Å². The van der Waals surface area contributed by atoms with Crippen LogP contribution in [0.1, 0.15) is 15.9 Å². The Kier molecular flexibility index (Phi) is 5.22. The quantitative estimate of drug-likeness (QED) is 0.313. The maximum Gasteiger partial charge on any atom is 0.344 e. The molecule has 0 saturated heterocycles. The monoisotopic (exact) mass is 444 g/mol. The van der Waals surface area contributed by atoms with Crippen molar-refractivity contribution in [2.75, 3.05) is 20.5 Å². The third kappa shape index (κ3) is 3.89. The molecule has 1 aliphatic heterocycles. The van der Waals surface area contributed by atoms with Crippen molar-refractivity contribution in [2.45, 2.75) is 6.92 Å². The van der Waals surface area contributed by atoms with Crippen LogP contribution in [-0.2, 0) is 0 Å². The molecule has 7 heteroatoms. The van der Waals surface area contributed by atoms with Crippen LogP contribution in [0, 0.1) is 6.92 Å². The van der Waals surface area contributed by atoms with Gasteiger partial charge in [-0.3, -0.25) is 4.79 Å². The molecule has 0 fully saturated rings. The van der Waals surface area contributed by atoms with E-state index in [1.54, 1.807) is 67.8 Å². The highest BCUT2D eigenvalue weighted by Crippen LogP contribution is 2.37. The summed E-state index contributed by atoms with van der Waals surface area (Å²) in [6.07, 6.45) is 0. The van der Waals surface area contributed by atoms with E-state index < -0.39 is 5.63 Å². The van der Waals surface area contributed by atoms with Crippen LogP contribution in [0.2, 0.25) is 0 Å². The number of carbonyl (C=O) groups is 1. The molecule has 166 valence electrons. The summed E-state index contributed by atoms with van der Waals surface area (Å²) >= 11 is 0. The van der Waals surface area contributed by atoms with Gasteiger partial charge in [0.25, 0.3) is 0 Å². The fourth-order valence-electron chi connectivity index (χ4n) is 3.82. The van der Waals surface area contributed by atoms with Gasteiger partial charge in [-0.15, -0.1) is 0 Å². The molecule has 0 radical (unpaired) electrons. The van der Waals surface area contributed by atoms with Crippen molar-refractivity contribution in [3.63, 3.8) is 0 Å². The van der Waals surface area contributed by atoms with Crippen molar-refractivity contribution in [2.24, 2.45) is 0 Å². The fourth-order valence-corrected chi connectivity index (χ4v) is 3.82. The van der Waals surface area contributed by atoms with Gasteiger partial charge >= 0.3 is 5.63 Å². The normalized spacial score (nSPS) is 12.1. The molecule has 1 aliphatic rings. The average Bonchev–Trinajstić information content (AvgIpc) is 3.31. The first-order valence-electron chi connectivity index (χ1n) is 10.3. The number of fused-ring (bicyclic) bond motifs is 2. The van der Waals surface area contributed by atoms with Crippen LogP contribution in [0.5, 0.6) is 23.0 Å². The molecule has 33 heavy (non-hydrogen) atoms. The lowest BCUT2D eigenvalue weighted by Crippen LogP contribution is -2.11. The Morgan fingerprint density at radius 1 is 0.939 bits per heavy atom. The van der Waals surface area contributed by atoms with E-state index in [1.807, 2.05) is 6.92 Å². The van der Waals surface area contributed by atoms with E-state index in [0.717, 1.165) is 10.9 Å². The number of aryl methyl sites for hydroxylation is 1. The minimum Gasteiger partial charge on any atom is -0.497 e. The third-order valence-electron chi connectivity index (χ3n) is 5.58. The molecule has 5 rings (SSSR count). The van der Waals surface area contributed by atoms with E-state index in [9.17, 15) is 9.59 Å². The molecule has 0 N–H and O–H groups in total. The first-order valence-corrected chi connectivity index (χ1v) is 10.3. The van der Waals surface area contributed by atoms with Crippen LogP contribution in [0.25, 0.3) is 22.1 Å². The Hall–Kier alpha value is -4.26. The van der Waals surface area contributed by atoms with Crippen LogP contribution in [0.3, 0.4) is 0 Å². The van der Waals surface area contributed by atoms with Gasteiger partial charge in [-0.1, -0.05) is 6.07 Å². The first kappa shape index (κ1) is 20.6. The number of ketones is 1. The molecule has 0 spiro atoms. The van der Waals surface area contributed by atoms with Gasteiger partial charge < -0.3 is 23.4 Å². The zero-order valence-electron chi connectivity index (χ0n) is 18.0. The van der Waals surface area contributed by atoms with E-state index >= 15 is 0 Å². The lowest BCUT2D eigenvalue weighted by Gasteiger charge is -2.11. The number of carbonyl (C=O) groups excluding carboxylic acids is 1. The number of hydrogen-bond acceptors (Lipinski definition) is 7. The standard InChI is InChI=1S/C26H20O7/c1-15-20-12-19(30-13-21(27)16-3-6-18(29-2)7-4-16)8-10-22(20)33-26(28)25(15)17-5-9-23-24(11-17)32-14-31-23/h3-12H,13-14H2,1-2H3. The number of methoxy groups -OCH3 is 1. The fraction of sp³-hybridized carbons (Fsp3) is 0.154. The Morgan fingerprint density at radius 2 is 1.70 bits per heavy atom. The SMILES string of the molecule is COc1ccc(C(=O)COc2ccc3oc(=O)c(-c4ccc5c(c4)OCO5)c(C)c3c2)cc1. The minimum absolute atomic E-state index is 0.122. The smallest absolute Gasteiger partial charge is 0.344 e. The summed E-state index contributed by atoms with van der Waals surface area (Å²) in [7, 11) is 1.57. The highest BCUT2D eigenvalue weighted by Gasteiger charge is 2.19. The van der Waals surface area contributed by atoms with Crippen molar-refractivity contribution in [1.29, 1.82) is 0 Å². The molecule has 4 aromatic rings. The average molecular weight is 444 g/mol. The zero-order chi connectivity index (χ0) is 22.9. The molecule has 0 atom stereocenters. The van der Waals surface area contributed by atoms with Crippen molar-refractivity contribution < 1.29 is 28.2 Å². The summed E-state index contributed by atoms with van der Waals surface area (Å²) in [5, 5.41) is 0.719. The van der Waals surface area contributed by atoms with Crippen molar-refractivity contribution in [3.8, 4) is 34.1 Å². The number of ether oxygens (including phenoxy) is 4. The number of rotatable bonds is 6. The Bertz CT molecular complexity index is 1420. The lowest BCUT2D eigenvalue weighted by molar-refractivity contribution is 0.0921. The van der Waals surface area contributed by atoms with Gasteiger partial charge in [-0.2, -0.15) is 0 Å². The van der Waals surface area contributed by atoms with E-state index in [1.165, 1.54) is 0 Å². The summed E-state index contributed by atoms with van der Waals surface area (Å²) in [5.41, 5.74) is 2.38. The largest absolute Gasteiger partial charge is 0.497 e. The molecule has 0 saturated carbocycles. The van der Waals surface area contributed by atoms with Gasteiger partial charge in [0, 0.05) is 10.9 Å². The molecule has 0 unspecified atom stereocenters. The molecule has 0 aliphatic carbocycles. The van der Waals surface area contributed by atoms with Crippen LogP contribution < -0.4 is 24.6 Å². The van der Waals surface area contributed by atoms with E-state index in [2.05, 4.69) is 0 Å². The van der Waals surface area contributed by atoms with E-state index in [0.29, 0.717) is 45.3 Å². The number of benzene rings is 3. The molecule has 7 nitrogen and oxygen atoms in total. The number of hydrogen-bond donors (Lipinski definition) is 0. The van der Waals surface area contributed by atoms with E-state index in [4.69, 9.17) is 23.4 Å². The second-order valence-electron chi connectivity index (χ2n) is 7.56. The Labute approximate surface area is 189 Å². The predicted octanol–water partition coefficient (Wildman–Crippen LogP) is 4.77. The van der Waals surface area contributed by atoms with Crippen molar-refractivity contribution in [3.05, 3.63) is 82.2 Å². The van der Waals surface area contributed by atoms with E-state index in [-0.39, 0.29) is 19.2 Å². The molecular weight excluding hydrogens is 424 g/mol. The van der Waals surface area contributed by atoms with Crippen LogP contribution in [0.4, 0.5) is 0 Å². The van der Waals surface area contributed by atoms with Gasteiger partial charge in [0.15, 0.2) is 23.9 Å². The maximum absolute atomic E-state index is 12.7. The number of Topliss-reactive ketones (excluding diaryl/α,β-unsaturated/α-hetero) is 1. The summed E-state index contributed by atoms with van der Waals surface area (Å²) in [4.78, 5) is 25.2. The zero-order valence-corrected chi connectivity index (χ0v) is 18.0. The second kappa shape index (κ2) is 8.35. The highest BCUT2D eigenvalue weighted by atomic mass is 16.7. The summed E-state index contributed by atoms with van der Waals surface area (Å²) in [6.45, 7) is 1.88. The minimum atomic E-state index is -0.442. The van der Waals surface area contributed by atoms with Gasteiger partial charge in [0.1, 0.15) is 17.1 Å². The predicted molar refractivity (Wildman–Crippen MR) is 122 cm³/mol.